The number of thioether (sulfide) groups is 1. The van der Waals surface area contributed by atoms with Crippen molar-refractivity contribution in [3.8, 4) is 6.01 Å². The summed E-state index contributed by atoms with van der Waals surface area (Å²) >= 11 is 1.53. The highest BCUT2D eigenvalue weighted by Gasteiger charge is 2.49. The number of ether oxygens (including phenoxy) is 1. The molecule has 0 saturated heterocycles. The van der Waals surface area contributed by atoms with Gasteiger partial charge >= 0.3 is 12.0 Å². The average Bonchev–Trinajstić information content (AvgIpc) is 2.85. The average molecular weight is 471 g/mol. The largest absolute Gasteiger partial charge is 0.478 e. The van der Waals surface area contributed by atoms with Crippen molar-refractivity contribution in [3.05, 3.63) is 125 Å². The van der Waals surface area contributed by atoms with Gasteiger partial charge in [-0.1, -0.05) is 91.0 Å². The number of carboxylic acids is 1. The van der Waals surface area contributed by atoms with Crippen molar-refractivity contribution in [1.29, 1.82) is 0 Å². The third kappa shape index (κ3) is 5.13. The molecule has 0 aliphatic carbocycles. The molecular formula is C28H26N2O3S. The van der Waals surface area contributed by atoms with Crippen LogP contribution in [0.1, 0.15) is 28.1 Å². The summed E-state index contributed by atoms with van der Waals surface area (Å²) in [7, 11) is 0. The van der Waals surface area contributed by atoms with Crippen LogP contribution in [0, 0.1) is 13.8 Å². The van der Waals surface area contributed by atoms with Crippen LogP contribution in [0.2, 0.25) is 0 Å². The second-order valence-corrected chi connectivity index (χ2v) is 9.23. The molecule has 6 heteroatoms. The van der Waals surface area contributed by atoms with Crippen molar-refractivity contribution >= 4 is 17.7 Å². The van der Waals surface area contributed by atoms with Gasteiger partial charge in [0.1, 0.15) is 4.75 Å². The monoisotopic (exact) mass is 470 g/mol. The molecule has 1 N–H and O–H groups in total. The first-order valence-corrected chi connectivity index (χ1v) is 12.0. The predicted octanol–water partition coefficient (Wildman–Crippen LogP) is 5.80. The molecule has 1 atom stereocenters. The summed E-state index contributed by atoms with van der Waals surface area (Å²) in [5.74, 6) is -0.498. The van der Waals surface area contributed by atoms with Crippen molar-refractivity contribution in [2.45, 2.75) is 30.5 Å². The van der Waals surface area contributed by atoms with Gasteiger partial charge in [-0.3, -0.25) is 0 Å². The van der Waals surface area contributed by atoms with Gasteiger partial charge in [0.05, 0.1) is 0 Å². The fourth-order valence-corrected chi connectivity index (χ4v) is 5.51. The normalized spacial score (nSPS) is 12.2. The summed E-state index contributed by atoms with van der Waals surface area (Å²) in [6, 6.07) is 31.2. The molecule has 1 heterocycles. The van der Waals surface area contributed by atoms with E-state index in [0.29, 0.717) is 17.1 Å². The Bertz CT molecular complexity index is 1170. The zero-order valence-electron chi connectivity index (χ0n) is 19.1. The highest BCUT2D eigenvalue weighted by Crippen LogP contribution is 2.48. The van der Waals surface area contributed by atoms with Gasteiger partial charge in [0.25, 0.3) is 0 Å². The number of aryl methyl sites for hydroxylation is 2. The second kappa shape index (κ2) is 10.5. The van der Waals surface area contributed by atoms with E-state index in [4.69, 9.17) is 4.74 Å². The van der Waals surface area contributed by atoms with Crippen molar-refractivity contribution < 1.29 is 14.6 Å². The van der Waals surface area contributed by atoms with Gasteiger partial charge < -0.3 is 9.84 Å². The Hall–Kier alpha value is -3.64. The van der Waals surface area contributed by atoms with Crippen molar-refractivity contribution in [3.63, 3.8) is 0 Å². The molecule has 3 aromatic carbocycles. The number of hydrogen-bond donors (Lipinski definition) is 1. The summed E-state index contributed by atoms with van der Waals surface area (Å²) in [6.07, 6.45) is -1.28. The smallest absolute Gasteiger partial charge is 0.347 e. The molecule has 0 fully saturated rings. The Morgan fingerprint density at radius 2 is 1.32 bits per heavy atom. The first-order valence-electron chi connectivity index (χ1n) is 11.0. The number of hydrogen-bond acceptors (Lipinski definition) is 5. The minimum Gasteiger partial charge on any atom is -0.478 e. The van der Waals surface area contributed by atoms with Crippen molar-refractivity contribution in [1.82, 2.24) is 9.97 Å². The third-order valence-electron chi connectivity index (χ3n) is 5.49. The molecule has 4 rings (SSSR count). The number of nitrogens with zero attached hydrogens (tertiary/aromatic N) is 2. The summed E-state index contributed by atoms with van der Waals surface area (Å²) < 4.78 is 5.09. The van der Waals surface area contributed by atoms with Crippen LogP contribution in [0.25, 0.3) is 0 Å². The number of carbonyl (C=O) groups is 1. The van der Waals surface area contributed by atoms with Gasteiger partial charge in [0.2, 0.25) is 6.10 Å². The number of benzene rings is 3. The van der Waals surface area contributed by atoms with Gasteiger partial charge in [-0.2, -0.15) is 0 Å². The van der Waals surface area contributed by atoms with E-state index in [1.807, 2.05) is 111 Å². The zero-order valence-corrected chi connectivity index (χ0v) is 19.9. The molecule has 0 aliphatic rings. The lowest BCUT2D eigenvalue weighted by Gasteiger charge is -2.38. The minimum atomic E-state index is -1.28. The summed E-state index contributed by atoms with van der Waals surface area (Å²) in [5.41, 5.74) is 4.19. The van der Waals surface area contributed by atoms with Gasteiger partial charge in [-0.15, -0.1) is 11.8 Å². The molecule has 5 nitrogen and oxygen atoms in total. The number of carboxylic acid groups (broad SMARTS) is 1. The predicted molar refractivity (Wildman–Crippen MR) is 135 cm³/mol. The summed E-state index contributed by atoms with van der Waals surface area (Å²) in [6.45, 7) is 3.67. The highest BCUT2D eigenvalue weighted by atomic mass is 32.2. The third-order valence-corrected chi connectivity index (χ3v) is 7.11. The molecule has 172 valence electrons. The topological polar surface area (TPSA) is 72.3 Å². The molecule has 0 radical (unpaired) electrons. The first-order chi connectivity index (χ1) is 16.5. The van der Waals surface area contributed by atoms with Crippen LogP contribution < -0.4 is 4.74 Å². The van der Waals surface area contributed by atoms with Crippen LogP contribution in [0.4, 0.5) is 0 Å². The lowest BCUT2D eigenvalue weighted by molar-refractivity contribution is -0.146. The maximum atomic E-state index is 12.9. The van der Waals surface area contributed by atoms with E-state index in [9.17, 15) is 9.90 Å². The Kier molecular flexibility index (Phi) is 7.28. The number of aliphatic carboxylic acids is 1. The van der Waals surface area contributed by atoms with Crippen molar-refractivity contribution in [2.75, 3.05) is 0 Å². The van der Waals surface area contributed by atoms with Crippen LogP contribution in [0.3, 0.4) is 0 Å². The van der Waals surface area contributed by atoms with E-state index in [0.717, 1.165) is 16.7 Å². The molecule has 0 aliphatic heterocycles. The molecule has 0 spiro atoms. The molecule has 0 saturated carbocycles. The van der Waals surface area contributed by atoms with Crippen LogP contribution >= 0.6 is 11.8 Å². The Labute approximate surface area is 203 Å². The Morgan fingerprint density at radius 3 is 1.79 bits per heavy atom. The van der Waals surface area contributed by atoms with E-state index in [2.05, 4.69) is 9.97 Å². The number of rotatable bonds is 9. The van der Waals surface area contributed by atoms with Gasteiger partial charge in [-0.05, 0) is 36.6 Å². The molecule has 0 unspecified atom stereocenters. The fourth-order valence-electron chi connectivity index (χ4n) is 4.01. The second-order valence-electron chi connectivity index (χ2n) is 8.01. The molecule has 0 bridgehead atoms. The highest BCUT2D eigenvalue weighted by molar-refractivity contribution is 7.99. The van der Waals surface area contributed by atoms with Crippen LogP contribution in [0.5, 0.6) is 6.01 Å². The van der Waals surface area contributed by atoms with Crippen LogP contribution in [0.15, 0.2) is 97.1 Å². The summed E-state index contributed by atoms with van der Waals surface area (Å²) in [4.78, 5) is 21.6. The van der Waals surface area contributed by atoms with E-state index >= 15 is 0 Å². The lowest BCUT2D eigenvalue weighted by Crippen LogP contribution is -2.47. The molecular weight excluding hydrogens is 444 g/mol. The quantitative estimate of drug-likeness (QED) is 0.333. The molecule has 34 heavy (non-hydrogen) atoms. The van der Waals surface area contributed by atoms with Gasteiger partial charge in [0, 0.05) is 17.1 Å². The van der Waals surface area contributed by atoms with E-state index in [1.165, 1.54) is 11.8 Å². The first kappa shape index (κ1) is 23.5. The van der Waals surface area contributed by atoms with E-state index in [1.54, 1.807) is 0 Å². The van der Waals surface area contributed by atoms with Gasteiger partial charge in [-0.25, -0.2) is 14.8 Å². The van der Waals surface area contributed by atoms with Crippen LogP contribution in [-0.2, 0) is 15.3 Å². The maximum absolute atomic E-state index is 12.9. The van der Waals surface area contributed by atoms with E-state index < -0.39 is 16.8 Å². The molecule has 4 aromatic rings. The van der Waals surface area contributed by atoms with Crippen molar-refractivity contribution in [2.24, 2.45) is 0 Å². The fraction of sp³-hybridized carbons (Fsp3) is 0.179. The SMILES string of the molecule is Cc1cc(C)nc(O[C@H](C(=O)O)C(SCc2ccccc2)(c2ccccc2)c2ccccc2)n1. The van der Waals surface area contributed by atoms with E-state index in [-0.39, 0.29) is 6.01 Å². The zero-order chi connectivity index (χ0) is 24.0. The van der Waals surface area contributed by atoms with Gasteiger partial charge in [0.15, 0.2) is 0 Å². The molecule has 0 amide bonds. The summed E-state index contributed by atoms with van der Waals surface area (Å²) in [5, 5.41) is 10.5. The Balaban J connectivity index is 1.90. The lowest BCUT2D eigenvalue weighted by atomic mass is 9.85. The number of aromatic nitrogens is 2. The Morgan fingerprint density at radius 1 is 0.853 bits per heavy atom. The maximum Gasteiger partial charge on any atom is 0.347 e. The minimum absolute atomic E-state index is 0.0569. The molecule has 1 aromatic heterocycles. The van der Waals surface area contributed by atoms with Crippen LogP contribution in [-0.4, -0.2) is 27.1 Å². The standard InChI is InChI=1S/C28H26N2O3S/c1-20-18-21(2)30-27(29-20)33-25(26(31)32)28(23-14-8-4-9-15-23,24-16-10-5-11-17-24)34-19-22-12-6-3-7-13-22/h3-18,25H,19H2,1-2H3,(H,31,32)/t25-/m1/s1.